The Bertz CT molecular complexity index is 2810. The molecule has 0 amide bonds. The molecule has 0 spiro atoms. The summed E-state index contributed by atoms with van der Waals surface area (Å²) in [5.74, 6) is -1.60. The maximum Gasteiger partial charge on any atom is 0.472 e. The fourth-order valence-corrected chi connectivity index (χ4v) is 14.0. The van der Waals surface area contributed by atoms with Crippen molar-refractivity contribution in [2.45, 2.75) is 399 Å². The minimum atomic E-state index is -4.95. The van der Waals surface area contributed by atoms with Crippen LogP contribution >= 0.6 is 15.6 Å². The minimum absolute atomic E-state index is 0.0759. The molecule has 18 heteroatoms. The standard InChI is InChI=1S/C99H168O16P2/c1-4-7-10-13-16-19-22-25-28-31-34-37-39-41-42-43-44-45-46-47-48-49-50-52-54-56-58-61-64-67-70-73-76-79-82-85-97(102)109-88-94(100)89-111-116(105,106)112-90-95(101)91-113-117(107,108)114-93-96(115-99(104)87-84-81-78-75-72-69-66-63-60-55-36-33-30-27-24-21-18-15-12-9-6-3)92-110-98(103)86-83-80-77-74-71-68-65-62-59-57-53-51-40-38-35-32-29-26-23-20-17-14-11-8-5-2/h8-9,11-12,16-21,25-30,34-38,41-42,51,53,55,63,66,94-96,100-101H,4-7,10,13-15,22-24,31-33,39-40,43-50,52,54,56-62,64-65,67-93H2,1-3H3,(H,105,106)(H,107,108)/b11-8-,12-9-,19-16-,20-17-,21-18-,28-25-,29-26-,30-27-,37-34-,38-35-,42-41-,53-51-,55-36-,66-63-. The molecule has 0 bridgehead atoms. The third-order valence-corrected chi connectivity index (χ3v) is 21.3. The number of hydrogen-bond acceptors (Lipinski definition) is 14. The Balaban J connectivity index is 4.54. The first kappa shape index (κ1) is 112. The van der Waals surface area contributed by atoms with Crippen LogP contribution in [0.25, 0.3) is 0 Å². The summed E-state index contributed by atoms with van der Waals surface area (Å²) in [4.78, 5) is 59.0. The van der Waals surface area contributed by atoms with Gasteiger partial charge in [-0.2, -0.15) is 0 Å². The Morgan fingerprint density at radius 2 is 0.453 bits per heavy atom. The zero-order valence-electron chi connectivity index (χ0n) is 73.8. The molecule has 0 radical (unpaired) electrons. The first-order valence-electron chi connectivity index (χ1n) is 46.4. The summed E-state index contributed by atoms with van der Waals surface area (Å²) in [6.07, 6.45) is 117. The van der Waals surface area contributed by atoms with Crippen molar-refractivity contribution in [2.24, 2.45) is 0 Å². The lowest BCUT2D eigenvalue weighted by molar-refractivity contribution is -0.161. The van der Waals surface area contributed by atoms with Gasteiger partial charge in [-0.25, -0.2) is 9.13 Å². The topological polar surface area (TPSA) is 231 Å². The average Bonchev–Trinajstić information content (AvgIpc) is 0.901. The van der Waals surface area contributed by atoms with Gasteiger partial charge in [0.25, 0.3) is 0 Å². The molecule has 0 aliphatic rings. The Hall–Kier alpha value is -5.09. The molecule has 0 aliphatic carbocycles. The van der Waals surface area contributed by atoms with Crippen LogP contribution in [0.3, 0.4) is 0 Å². The molecule has 0 saturated heterocycles. The van der Waals surface area contributed by atoms with E-state index in [1.807, 2.05) is 0 Å². The lowest BCUT2D eigenvalue weighted by Gasteiger charge is -2.21. The van der Waals surface area contributed by atoms with Gasteiger partial charge < -0.3 is 34.2 Å². The van der Waals surface area contributed by atoms with Crippen molar-refractivity contribution >= 4 is 33.6 Å². The molecular weight excluding hydrogens is 1510 g/mol. The Morgan fingerprint density at radius 1 is 0.248 bits per heavy atom. The van der Waals surface area contributed by atoms with E-state index in [4.69, 9.17) is 32.3 Å². The van der Waals surface area contributed by atoms with Crippen molar-refractivity contribution in [3.05, 3.63) is 170 Å². The molecule has 0 rings (SSSR count). The summed E-state index contributed by atoms with van der Waals surface area (Å²) in [6.45, 7) is 2.43. The van der Waals surface area contributed by atoms with Crippen LogP contribution in [-0.2, 0) is 55.8 Å². The maximum absolute atomic E-state index is 13.1. The van der Waals surface area contributed by atoms with E-state index >= 15 is 0 Å². The summed E-state index contributed by atoms with van der Waals surface area (Å²) in [7, 11) is -9.82. The van der Waals surface area contributed by atoms with Crippen LogP contribution in [0.15, 0.2) is 170 Å². The first-order valence-corrected chi connectivity index (χ1v) is 49.4. The van der Waals surface area contributed by atoms with E-state index in [9.17, 15) is 43.5 Å². The number of hydrogen-bond donors (Lipinski definition) is 4. The molecule has 0 fully saturated rings. The number of carbonyl (C=O) groups excluding carboxylic acids is 3. The number of esters is 3. The summed E-state index contributed by atoms with van der Waals surface area (Å²) in [5, 5.41) is 20.7. The van der Waals surface area contributed by atoms with Gasteiger partial charge in [-0.1, -0.05) is 377 Å². The van der Waals surface area contributed by atoms with Crippen LogP contribution in [-0.4, -0.2) is 95.9 Å². The minimum Gasteiger partial charge on any atom is -0.463 e. The zero-order valence-corrected chi connectivity index (χ0v) is 75.6. The molecule has 0 aromatic carbocycles. The van der Waals surface area contributed by atoms with Gasteiger partial charge in [-0.15, -0.1) is 0 Å². The molecule has 117 heavy (non-hydrogen) atoms. The van der Waals surface area contributed by atoms with Gasteiger partial charge in [-0.3, -0.25) is 32.5 Å². The quantitative estimate of drug-likeness (QED) is 0.0146. The average molecular weight is 1680 g/mol. The van der Waals surface area contributed by atoms with Crippen molar-refractivity contribution < 1.29 is 75.8 Å². The molecule has 670 valence electrons. The van der Waals surface area contributed by atoms with Crippen molar-refractivity contribution in [3.63, 3.8) is 0 Å². The number of phosphoric acid groups is 2. The summed E-state index contributed by atoms with van der Waals surface area (Å²) in [6, 6.07) is 0. The molecule has 5 atom stereocenters. The van der Waals surface area contributed by atoms with Crippen LogP contribution in [0.1, 0.15) is 380 Å². The number of phosphoric ester groups is 2. The molecular formula is C99H168O16P2. The largest absolute Gasteiger partial charge is 0.472 e. The van der Waals surface area contributed by atoms with E-state index in [2.05, 4.69) is 191 Å². The van der Waals surface area contributed by atoms with E-state index in [0.717, 1.165) is 167 Å². The number of aliphatic hydroxyl groups excluding tert-OH is 2. The molecule has 16 nitrogen and oxygen atoms in total. The van der Waals surface area contributed by atoms with Crippen molar-refractivity contribution in [1.82, 2.24) is 0 Å². The highest BCUT2D eigenvalue weighted by Gasteiger charge is 2.29. The first-order chi connectivity index (χ1) is 57.2. The van der Waals surface area contributed by atoms with Crippen LogP contribution < -0.4 is 0 Å². The van der Waals surface area contributed by atoms with E-state index in [1.54, 1.807) is 0 Å². The zero-order chi connectivity index (χ0) is 85.1. The summed E-state index contributed by atoms with van der Waals surface area (Å²) in [5.41, 5.74) is 0. The van der Waals surface area contributed by atoms with E-state index < -0.39 is 91.5 Å². The van der Waals surface area contributed by atoms with Crippen LogP contribution in [0.2, 0.25) is 0 Å². The van der Waals surface area contributed by atoms with Crippen LogP contribution in [0, 0.1) is 0 Å². The predicted molar refractivity (Wildman–Crippen MR) is 491 cm³/mol. The van der Waals surface area contributed by atoms with E-state index in [1.165, 1.54) is 154 Å². The summed E-state index contributed by atoms with van der Waals surface area (Å²) >= 11 is 0. The molecule has 5 unspecified atom stereocenters. The fourth-order valence-electron chi connectivity index (χ4n) is 12.4. The number of carbonyl (C=O) groups is 3. The maximum atomic E-state index is 13.1. The molecule has 0 aromatic rings. The normalized spacial score (nSPS) is 14.6. The number of aliphatic hydroxyl groups is 2. The number of ether oxygens (including phenoxy) is 3. The monoisotopic (exact) mass is 1680 g/mol. The van der Waals surface area contributed by atoms with Gasteiger partial charge in [0.05, 0.1) is 26.4 Å². The SMILES string of the molecule is CC/C=C\C/C=C\C/C=C\C/C=C\C/C=C\CCCCCCCCCCCC(=O)OCC(COP(=O)(O)OCC(O)COP(=O)(O)OCC(O)COC(=O)CCCCCCCCCCCCCCCCCCCCC/C=C\C/C=C\C/C=C\C/C=C\CCCCC)OC(=O)CCCCCCC/C=C\C/C=C\C/C=C\C/C=C\C/C=C\CC. The predicted octanol–water partition coefficient (Wildman–Crippen LogP) is 28.7. The second kappa shape index (κ2) is 90.2. The number of unbranched alkanes of at least 4 members (excludes halogenated alkanes) is 36. The lowest BCUT2D eigenvalue weighted by Crippen LogP contribution is -2.30. The molecule has 0 aromatic heterocycles. The van der Waals surface area contributed by atoms with Crippen LogP contribution in [0.5, 0.6) is 0 Å². The van der Waals surface area contributed by atoms with Gasteiger partial charge in [0, 0.05) is 19.3 Å². The number of rotatable bonds is 87. The second-order valence-corrected chi connectivity index (χ2v) is 33.6. The van der Waals surface area contributed by atoms with Gasteiger partial charge in [0.2, 0.25) is 0 Å². The fraction of sp³-hybridized carbons (Fsp3) is 0.687. The Morgan fingerprint density at radius 3 is 0.718 bits per heavy atom. The van der Waals surface area contributed by atoms with Crippen molar-refractivity contribution in [3.8, 4) is 0 Å². The van der Waals surface area contributed by atoms with Gasteiger partial charge in [0.15, 0.2) is 6.10 Å². The van der Waals surface area contributed by atoms with Crippen LogP contribution in [0.4, 0.5) is 0 Å². The van der Waals surface area contributed by atoms with E-state index in [-0.39, 0.29) is 19.3 Å². The van der Waals surface area contributed by atoms with E-state index in [0.29, 0.717) is 19.3 Å². The van der Waals surface area contributed by atoms with Gasteiger partial charge in [-0.05, 0) is 154 Å². The molecule has 0 heterocycles. The summed E-state index contributed by atoms with van der Waals surface area (Å²) < 4.78 is 61.5. The third-order valence-electron chi connectivity index (χ3n) is 19.4. The van der Waals surface area contributed by atoms with Gasteiger partial charge >= 0.3 is 33.6 Å². The molecule has 0 aliphatic heterocycles. The lowest BCUT2D eigenvalue weighted by atomic mass is 10.0. The van der Waals surface area contributed by atoms with Gasteiger partial charge in [0.1, 0.15) is 25.4 Å². The molecule has 4 N–H and O–H groups in total. The van der Waals surface area contributed by atoms with Crippen molar-refractivity contribution in [1.29, 1.82) is 0 Å². The smallest absolute Gasteiger partial charge is 0.463 e. The highest BCUT2D eigenvalue weighted by atomic mass is 31.2. The third kappa shape index (κ3) is 91.5. The highest BCUT2D eigenvalue weighted by Crippen LogP contribution is 2.45. The number of allylic oxidation sites excluding steroid dienone is 28. The molecule has 0 saturated carbocycles. The van der Waals surface area contributed by atoms with Crippen molar-refractivity contribution in [2.75, 3.05) is 39.6 Å². The Labute approximate surface area is 713 Å². The second-order valence-electron chi connectivity index (χ2n) is 30.7. The Kier molecular flexibility index (Phi) is 86.2. The highest BCUT2D eigenvalue weighted by molar-refractivity contribution is 7.47.